The molecule has 11 heteroatoms. The Hall–Kier alpha value is -3.60. The Morgan fingerprint density at radius 1 is 1.06 bits per heavy atom. The quantitative estimate of drug-likeness (QED) is 0.351. The van der Waals surface area contributed by atoms with E-state index in [-0.39, 0.29) is 11.7 Å². The maximum atomic E-state index is 12.6. The van der Waals surface area contributed by atoms with Crippen molar-refractivity contribution >= 4 is 23.4 Å². The lowest BCUT2D eigenvalue weighted by Gasteiger charge is -2.07. The molecule has 4 rings (SSSR count). The zero-order chi connectivity index (χ0) is 22.1. The van der Waals surface area contributed by atoms with Crippen LogP contribution in [0, 0.1) is 27.7 Å². The summed E-state index contributed by atoms with van der Waals surface area (Å²) in [6.45, 7) is 7.60. The van der Waals surface area contributed by atoms with Gasteiger partial charge in [-0.15, -0.1) is 10.2 Å². The lowest BCUT2D eigenvalue weighted by Crippen LogP contribution is -2.19. The van der Waals surface area contributed by atoms with Gasteiger partial charge in [-0.1, -0.05) is 30.0 Å². The van der Waals surface area contributed by atoms with Gasteiger partial charge in [0.05, 0.1) is 34.2 Å². The number of aryl methyl sites for hydroxylation is 3. The molecule has 0 aliphatic carbocycles. The summed E-state index contributed by atoms with van der Waals surface area (Å²) in [6, 6.07) is 11.7. The van der Waals surface area contributed by atoms with Gasteiger partial charge < -0.3 is 11.2 Å². The molecule has 0 aliphatic rings. The normalized spacial score (nSPS) is 11.1. The highest BCUT2D eigenvalue weighted by Gasteiger charge is 2.18. The number of nitrogens with zero attached hydrogens (tertiary/aromatic N) is 7. The van der Waals surface area contributed by atoms with Gasteiger partial charge in [-0.2, -0.15) is 10.2 Å². The summed E-state index contributed by atoms with van der Waals surface area (Å²) in [5.41, 5.74) is 4.99. The van der Waals surface area contributed by atoms with Crippen LogP contribution in [0.4, 0.5) is 5.69 Å². The number of hydrogen-bond donors (Lipinski definition) is 2. The molecule has 1 aromatic carbocycles. The second-order valence-corrected chi connectivity index (χ2v) is 8.06. The van der Waals surface area contributed by atoms with Crippen molar-refractivity contribution in [1.29, 1.82) is 0 Å². The number of carbonyl (C=O) groups excluding carboxylic acids is 1. The molecule has 3 heterocycles. The van der Waals surface area contributed by atoms with Crippen LogP contribution in [0.1, 0.15) is 22.8 Å². The highest BCUT2D eigenvalue weighted by Crippen LogP contribution is 2.24. The summed E-state index contributed by atoms with van der Waals surface area (Å²) >= 11 is 1.20. The van der Waals surface area contributed by atoms with E-state index in [1.807, 2.05) is 68.8 Å². The summed E-state index contributed by atoms with van der Waals surface area (Å²) in [7, 11) is 0. The average Bonchev–Trinajstić information content (AvgIpc) is 3.37. The molecule has 0 fully saturated rings. The smallest absolute Gasteiger partial charge is 0.271 e. The van der Waals surface area contributed by atoms with Gasteiger partial charge in [0.25, 0.3) is 5.95 Å². The van der Waals surface area contributed by atoms with Gasteiger partial charge in [-0.05, 0) is 45.9 Å². The van der Waals surface area contributed by atoms with Crippen LogP contribution < -0.4 is 11.2 Å². The number of benzene rings is 1. The number of aromatic nitrogens is 7. The van der Waals surface area contributed by atoms with Crippen LogP contribution >= 0.6 is 11.8 Å². The molecule has 0 spiro atoms. The van der Waals surface area contributed by atoms with Crippen LogP contribution in [0.15, 0.2) is 41.6 Å². The summed E-state index contributed by atoms with van der Waals surface area (Å²) in [4.78, 5) is 12.6. The molecule has 10 nitrogen and oxygen atoms in total. The number of hydrogen-bond acceptors (Lipinski definition) is 7. The Labute approximate surface area is 183 Å². The third kappa shape index (κ3) is 4.04. The van der Waals surface area contributed by atoms with Gasteiger partial charge in [0.1, 0.15) is 0 Å². The van der Waals surface area contributed by atoms with Gasteiger partial charge >= 0.3 is 0 Å². The van der Waals surface area contributed by atoms with Crippen molar-refractivity contribution in [2.24, 2.45) is 0 Å². The van der Waals surface area contributed by atoms with E-state index in [1.165, 1.54) is 16.4 Å². The first-order chi connectivity index (χ1) is 14.8. The van der Waals surface area contributed by atoms with Crippen LogP contribution in [0.2, 0.25) is 0 Å². The predicted molar refractivity (Wildman–Crippen MR) is 119 cm³/mol. The van der Waals surface area contributed by atoms with Crippen LogP contribution in [0.5, 0.6) is 0 Å². The summed E-state index contributed by atoms with van der Waals surface area (Å²) < 4.78 is 4.77. The minimum absolute atomic E-state index is 0.127. The van der Waals surface area contributed by atoms with Crippen molar-refractivity contribution in [2.45, 2.75) is 32.9 Å². The number of rotatable bonds is 6. The molecule has 0 saturated carbocycles. The van der Waals surface area contributed by atoms with Crippen molar-refractivity contribution in [2.75, 3.05) is 16.9 Å². The Bertz CT molecular complexity index is 1240. The molecular weight excluding hydrogens is 414 g/mol. The molecule has 0 radical (unpaired) electrons. The number of nitrogen functional groups attached to an aromatic ring is 1. The maximum absolute atomic E-state index is 12.6. The van der Waals surface area contributed by atoms with E-state index < -0.39 is 0 Å². The van der Waals surface area contributed by atoms with Gasteiger partial charge in [0, 0.05) is 5.69 Å². The fourth-order valence-electron chi connectivity index (χ4n) is 3.29. The van der Waals surface area contributed by atoms with Crippen molar-refractivity contribution in [3.63, 3.8) is 0 Å². The topological polar surface area (TPSA) is 121 Å². The molecule has 0 saturated heterocycles. The van der Waals surface area contributed by atoms with Crippen molar-refractivity contribution in [3.05, 3.63) is 59.2 Å². The second-order valence-electron chi connectivity index (χ2n) is 7.12. The first-order valence-corrected chi connectivity index (χ1v) is 10.6. The van der Waals surface area contributed by atoms with E-state index in [0.29, 0.717) is 16.8 Å². The molecule has 4 aromatic rings. The number of nitrogens with two attached hydrogens (primary N) is 1. The molecule has 3 aromatic heterocycles. The fourth-order valence-corrected chi connectivity index (χ4v) is 3.95. The van der Waals surface area contributed by atoms with E-state index in [4.69, 9.17) is 5.84 Å². The van der Waals surface area contributed by atoms with Crippen LogP contribution in [-0.2, 0) is 4.79 Å². The minimum Gasteiger partial charge on any atom is -0.334 e. The zero-order valence-corrected chi connectivity index (χ0v) is 18.5. The molecule has 160 valence electrons. The monoisotopic (exact) mass is 437 g/mol. The number of anilines is 1. The van der Waals surface area contributed by atoms with Crippen LogP contribution in [0.25, 0.3) is 11.6 Å². The standard InChI is InChI=1S/C20H23N9OS/c1-12-10-13(2)28(25-12)19-23-24-20(27(19)21)31-11-17(30)22-18-14(3)26-29(15(18)4)16-8-6-5-7-9-16/h5-10H,11,21H2,1-4H3,(H,22,30). The van der Waals surface area contributed by atoms with E-state index >= 15 is 0 Å². The highest BCUT2D eigenvalue weighted by atomic mass is 32.2. The second kappa shape index (κ2) is 8.26. The molecule has 0 atom stereocenters. The minimum atomic E-state index is -0.181. The van der Waals surface area contributed by atoms with E-state index in [0.717, 1.165) is 28.5 Å². The highest BCUT2D eigenvalue weighted by molar-refractivity contribution is 7.99. The summed E-state index contributed by atoms with van der Waals surface area (Å²) in [5, 5.41) is 20.5. The first-order valence-electron chi connectivity index (χ1n) is 9.63. The maximum Gasteiger partial charge on any atom is 0.271 e. The molecule has 1 amide bonds. The molecule has 31 heavy (non-hydrogen) atoms. The first kappa shape index (κ1) is 20.7. The summed E-state index contributed by atoms with van der Waals surface area (Å²) in [6.07, 6.45) is 0. The van der Waals surface area contributed by atoms with E-state index in [9.17, 15) is 4.79 Å². The lowest BCUT2D eigenvalue weighted by atomic mass is 10.3. The Morgan fingerprint density at radius 3 is 2.48 bits per heavy atom. The largest absolute Gasteiger partial charge is 0.334 e. The third-order valence-corrected chi connectivity index (χ3v) is 5.68. The van der Waals surface area contributed by atoms with Crippen molar-refractivity contribution < 1.29 is 4.79 Å². The number of thioether (sulfide) groups is 1. The fraction of sp³-hybridized carbons (Fsp3) is 0.250. The molecule has 0 aliphatic heterocycles. The summed E-state index contributed by atoms with van der Waals surface area (Å²) in [5.74, 6) is 6.47. The average molecular weight is 438 g/mol. The van der Waals surface area contributed by atoms with Crippen LogP contribution in [-0.4, -0.2) is 46.1 Å². The molecule has 3 N–H and O–H groups in total. The predicted octanol–water partition coefficient (Wildman–Crippen LogP) is 2.33. The van der Waals surface area contributed by atoms with Crippen molar-refractivity contribution in [1.82, 2.24) is 34.4 Å². The zero-order valence-electron chi connectivity index (χ0n) is 17.7. The lowest BCUT2D eigenvalue weighted by molar-refractivity contribution is -0.113. The third-order valence-electron chi connectivity index (χ3n) is 4.73. The number of para-hydroxylation sites is 1. The Kier molecular flexibility index (Phi) is 5.51. The van der Waals surface area contributed by atoms with Crippen LogP contribution in [0.3, 0.4) is 0 Å². The SMILES string of the molecule is Cc1cc(C)n(-c2nnc(SCC(=O)Nc3c(C)nn(-c4ccccc4)c3C)n2N)n1. The Balaban J connectivity index is 1.45. The van der Waals surface area contributed by atoms with Crippen molar-refractivity contribution in [3.8, 4) is 11.6 Å². The number of carbonyl (C=O) groups is 1. The van der Waals surface area contributed by atoms with E-state index in [2.05, 4.69) is 25.7 Å². The molecule has 0 unspecified atom stereocenters. The van der Waals surface area contributed by atoms with Gasteiger partial charge in [-0.25, -0.2) is 14.0 Å². The number of nitrogens with one attached hydrogen (secondary N) is 1. The Morgan fingerprint density at radius 2 is 1.81 bits per heavy atom. The van der Waals surface area contributed by atoms with E-state index in [1.54, 1.807) is 4.68 Å². The number of amides is 1. The molecule has 0 bridgehead atoms. The van der Waals surface area contributed by atoms with Gasteiger partial charge in [-0.3, -0.25) is 4.79 Å². The van der Waals surface area contributed by atoms with Gasteiger partial charge in [0.2, 0.25) is 11.1 Å². The van der Waals surface area contributed by atoms with Gasteiger partial charge in [0.15, 0.2) is 0 Å². The molecular formula is C20H23N9OS.